The van der Waals surface area contributed by atoms with Crippen molar-refractivity contribution in [1.82, 2.24) is 34.5 Å². The Labute approximate surface area is 329 Å². The smallest absolute Gasteiger partial charge is 0.278 e. The molecule has 3 saturated heterocycles. The summed E-state index contributed by atoms with van der Waals surface area (Å²) in [4.78, 5) is 57.6. The highest BCUT2D eigenvalue weighted by molar-refractivity contribution is 6.01. The minimum atomic E-state index is -0.547. The number of nitrogens with one attached hydrogen (secondary N) is 3. The molecule has 1 unspecified atom stereocenters. The Hall–Kier alpha value is -6.29. The van der Waals surface area contributed by atoms with Gasteiger partial charge in [-0.15, -0.1) is 6.58 Å². The van der Waals surface area contributed by atoms with E-state index < -0.39 is 6.04 Å². The summed E-state index contributed by atoms with van der Waals surface area (Å²) in [6, 6.07) is 18.0. The second-order valence-electron chi connectivity index (χ2n) is 14.7. The zero-order chi connectivity index (χ0) is 39.5. The van der Waals surface area contributed by atoms with Crippen molar-refractivity contribution in [3.63, 3.8) is 0 Å². The molecule has 15 nitrogen and oxygen atoms in total. The van der Waals surface area contributed by atoms with E-state index >= 15 is 4.39 Å². The fourth-order valence-electron chi connectivity index (χ4n) is 7.92. The molecule has 0 spiro atoms. The van der Waals surface area contributed by atoms with Crippen LogP contribution < -0.4 is 36.0 Å². The van der Waals surface area contributed by atoms with Crippen molar-refractivity contribution in [2.75, 3.05) is 73.4 Å². The maximum atomic E-state index is 15.2. The number of nitrogens with zero attached hydrogens (tertiary/aromatic N) is 8. The minimum Gasteiger partial charge on any atom is -0.481 e. The number of amides is 2. The molecule has 3 N–H and O–H groups in total. The monoisotopic (exact) mass is 775 g/mol. The summed E-state index contributed by atoms with van der Waals surface area (Å²) in [5.74, 6) is 0.845. The van der Waals surface area contributed by atoms with Crippen LogP contribution in [0.3, 0.4) is 0 Å². The molecule has 57 heavy (non-hydrogen) atoms. The Morgan fingerprint density at radius 1 is 0.930 bits per heavy atom. The van der Waals surface area contributed by atoms with Gasteiger partial charge in [0.1, 0.15) is 17.2 Å². The van der Waals surface area contributed by atoms with Crippen LogP contribution in [0.15, 0.2) is 84.3 Å². The van der Waals surface area contributed by atoms with Gasteiger partial charge in [-0.25, -0.2) is 18.7 Å². The number of halogens is 1. The number of imide groups is 1. The minimum absolute atomic E-state index is 0.241. The molecule has 8 rings (SSSR count). The number of piperazine rings is 1. The van der Waals surface area contributed by atoms with Crippen molar-refractivity contribution >= 4 is 51.5 Å². The highest BCUT2D eigenvalue weighted by atomic mass is 19.1. The number of fused-ring (bicyclic) bond motifs is 1. The van der Waals surface area contributed by atoms with Crippen molar-refractivity contribution in [2.24, 2.45) is 5.92 Å². The van der Waals surface area contributed by atoms with Crippen molar-refractivity contribution in [3.8, 4) is 11.7 Å². The number of hydrogen-bond acceptors (Lipinski definition) is 12. The number of rotatable bonds is 12. The number of carbonyl (C=O) groups is 2. The predicted molar refractivity (Wildman–Crippen MR) is 217 cm³/mol. The molecular weight excluding hydrogens is 730 g/mol. The molecule has 2 amide bonds. The summed E-state index contributed by atoms with van der Waals surface area (Å²) < 4.78 is 23.7. The summed E-state index contributed by atoms with van der Waals surface area (Å²) in [7, 11) is 1.54. The summed E-state index contributed by atoms with van der Waals surface area (Å²) >= 11 is 0. The van der Waals surface area contributed by atoms with Crippen LogP contribution >= 0.6 is 0 Å². The van der Waals surface area contributed by atoms with E-state index in [2.05, 4.69) is 59.3 Å². The van der Waals surface area contributed by atoms with Gasteiger partial charge in [0.2, 0.25) is 23.6 Å². The molecule has 3 aliphatic rings. The van der Waals surface area contributed by atoms with E-state index in [4.69, 9.17) is 9.72 Å². The molecular formula is C41H46FN11O4. The number of hydrogen-bond donors (Lipinski definition) is 3. The lowest BCUT2D eigenvalue weighted by Crippen LogP contribution is -2.49. The lowest BCUT2D eigenvalue weighted by Gasteiger charge is -2.40. The number of allylic oxidation sites excluding steroid dienone is 1. The second kappa shape index (κ2) is 16.4. The van der Waals surface area contributed by atoms with E-state index in [1.807, 2.05) is 18.2 Å². The third kappa shape index (κ3) is 8.17. The maximum absolute atomic E-state index is 15.2. The van der Waals surface area contributed by atoms with Gasteiger partial charge >= 0.3 is 0 Å². The molecule has 1 atom stereocenters. The van der Waals surface area contributed by atoms with Crippen LogP contribution in [-0.2, 0) is 16.1 Å². The lowest BCUT2D eigenvalue weighted by molar-refractivity contribution is -0.133. The van der Waals surface area contributed by atoms with Gasteiger partial charge in [0.25, 0.3) is 5.56 Å². The van der Waals surface area contributed by atoms with Gasteiger partial charge in [-0.2, -0.15) is 9.97 Å². The largest absolute Gasteiger partial charge is 0.481 e. The van der Waals surface area contributed by atoms with Crippen molar-refractivity contribution < 1.29 is 18.7 Å². The third-order valence-electron chi connectivity index (χ3n) is 11.0. The number of pyridine rings is 1. The van der Waals surface area contributed by atoms with Crippen LogP contribution in [0.1, 0.15) is 25.7 Å². The second-order valence-corrected chi connectivity index (χ2v) is 14.7. The Balaban J connectivity index is 0.828. The van der Waals surface area contributed by atoms with Crippen LogP contribution in [0.2, 0.25) is 0 Å². The number of anilines is 5. The quantitative estimate of drug-likeness (QED) is 0.122. The standard InChI is InChI=1S/C41H46FN11O4/c1-3-17-52-40(56)31-25-43-41(48-38(31)53(52)35-5-4-6-37(46-35)57-2)45-28-7-10-30(11-8-28)50-22-20-49(21-23-50)26-27-15-18-51(19-16-27)34-13-9-29(24-32(34)42)44-33-12-14-36(54)47-39(33)55/h3-11,13,24-25,27,33,44H,1,12,14-23,26H2,2H3,(H,43,45,48)(H,47,54,55). The van der Waals surface area contributed by atoms with Crippen LogP contribution in [-0.4, -0.2) is 100.0 Å². The van der Waals surface area contributed by atoms with Gasteiger partial charge in [-0.1, -0.05) is 12.1 Å². The molecule has 2 aromatic carbocycles. The molecule has 296 valence electrons. The third-order valence-corrected chi connectivity index (χ3v) is 11.0. The summed E-state index contributed by atoms with van der Waals surface area (Å²) in [6.45, 7) is 10.5. The van der Waals surface area contributed by atoms with Crippen LogP contribution in [0.25, 0.3) is 16.9 Å². The maximum Gasteiger partial charge on any atom is 0.278 e. The van der Waals surface area contributed by atoms with Gasteiger partial charge < -0.3 is 25.2 Å². The fourth-order valence-corrected chi connectivity index (χ4v) is 7.92. The summed E-state index contributed by atoms with van der Waals surface area (Å²) in [5.41, 5.74) is 3.25. The molecule has 0 radical (unpaired) electrons. The SMILES string of the molecule is C=CCn1c(=O)c2cnc(Nc3ccc(N4CCN(CC5CCN(c6ccc(NC7CCC(=O)NC7=O)cc6F)CC5)CC4)cc3)nc2n1-c1cccc(OC)n1. The number of benzene rings is 2. The van der Waals surface area contributed by atoms with Crippen molar-refractivity contribution in [1.29, 1.82) is 0 Å². The van der Waals surface area contributed by atoms with Crippen LogP contribution in [0, 0.1) is 11.7 Å². The zero-order valence-electron chi connectivity index (χ0n) is 31.9. The lowest BCUT2D eigenvalue weighted by atomic mass is 9.95. The van der Waals surface area contributed by atoms with Gasteiger partial charge in [-0.3, -0.25) is 24.6 Å². The Kier molecular flexibility index (Phi) is 10.8. The van der Waals surface area contributed by atoms with E-state index in [0.717, 1.165) is 70.0 Å². The number of aromatic nitrogens is 5. The van der Waals surface area contributed by atoms with E-state index in [9.17, 15) is 14.4 Å². The van der Waals surface area contributed by atoms with Crippen LogP contribution in [0.5, 0.6) is 5.88 Å². The number of ether oxygens (including phenoxy) is 1. The number of carbonyl (C=O) groups excluding carboxylic acids is 2. The molecule has 5 aromatic rings. The normalized spacial score (nSPS) is 18.1. The first-order valence-corrected chi connectivity index (χ1v) is 19.4. The first kappa shape index (κ1) is 37.6. The van der Waals surface area contributed by atoms with Crippen LogP contribution in [0.4, 0.5) is 33.1 Å². The van der Waals surface area contributed by atoms with Gasteiger partial charge in [0, 0.05) is 81.6 Å². The topological polar surface area (TPSA) is 155 Å². The highest BCUT2D eigenvalue weighted by Gasteiger charge is 2.28. The molecule has 3 fully saturated rings. The Bertz CT molecular complexity index is 2330. The average Bonchev–Trinajstić information content (AvgIpc) is 3.50. The molecule has 6 heterocycles. The molecule has 0 aliphatic carbocycles. The molecule has 16 heteroatoms. The summed E-state index contributed by atoms with van der Waals surface area (Å²) in [5, 5.41) is 9.05. The van der Waals surface area contributed by atoms with Crippen molar-refractivity contribution in [3.05, 3.63) is 95.7 Å². The highest BCUT2D eigenvalue weighted by Crippen LogP contribution is 2.30. The molecule has 0 saturated carbocycles. The van der Waals surface area contributed by atoms with E-state index in [0.29, 0.717) is 52.4 Å². The van der Waals surface area contributed by atoms with Gasteiger partial charge in [0.15, 0.2) is 11.5 Å². The van der Waals surface area contributed by atoms with Gasteiger partial charge in [0.05, 0.1) is 19.3 Å². The molecule has 3 aliphatic heterocycles. The number of methoxy groups -OCH3 is 1. The van der Waals surface area contributed by atoms with Gasteiger partial charge in [-0.05, 0) is 73.7 Å². The Morgan fingerprint density at radius 3 is 2.42 bits per heavy atom. The molecule has 0 bridgehead atoms. The van der Waals surface area contributed by atoms with E-state index in [1.165, 1.54) is 16.9 Å². The van der Waals surface area contributed by atoms with Crippen molar-refractivity contribution in [2.45, 2.75) is 38.3 Å². The first-order valence-electron chi connectivity index (χ1n) is 19.4. The Morgan fingerprint density at radius 2 is 1.70 bits per heavy atom. The fraction of sp³-hybridized carbons (Fsp3) is 0.366. The average molecular weight is 776 g/mol. The predicted octanol–water partition coefficient (Wildman–Crippen LogP) is 4.31. The first-order chi connectivity index (χ1) is 27.8. The zero-order valence-corrected chi connectivity index (χ0v) is 31.9. The number of piperidine rings is 2. The van der Waals surface area contributed by atoms with E-state index in [1.54, 1.807) is 42.1 Å². The summed E-state index contributed by atoms with van der Waals surface area (Å²) in [6.07, 6.45) is 5.84. The van der Waals surface area contributed by atoms with E-state index in [-0.39, 0.29) is 36.2 Å². The molecule has 3 aromatic heterocycles.